The van der Waals surface area contributed by atoms with E-state index in [-0.39, 0.29) is 23.9 Å². The van der Waals surface area contributed by atoms with Crippen molar-refractivity contribution in [2.24, 2.45) is 0 Å². The zero-order valence-electron chi connectivity index (χ0n) is 24.8. The highest BCUT2D eigenvalue weighted by molar-refractivity contribution is 6.22. The van der Waals surface area contributed by atoms with Crippen LogP contribution in [0.1, 0.15) is 57.7 Å². The van der Waals surface area contributed by atoms with Crippen LogP contribution in [0.4, 0.5) is 10.5 Å². The van der Waals surface area contributed by atoms with Crippen LogP contribution in [0.15, 0.2) is 103 Å². The Morgan fingerprint density at radius 3 is 2.36 bits per heavy atom. The van der Waals surface area contributed by atoms with Gasteiger partial charge in [-0.05, 0) is 73.7 Å². The topological polar surface area (TPSA) is 85.5 Å². The molecule has 0 saturated carbocycles. The van der Waals surface area contributed by atoms with E-state index in [1.54, 1.807) is 29.2 Å². The van der Waals surface area contributed by atoms with Crippen molar-refractivity contribution in [3.05, 3.63) is 137 Å². The molecule has 2 unspecified atom stereocenters. The van der Waals surface area contributed by atoms with E-state index in [0.717, 1.165) is 46.1 Å². The van der Waals surface area contributed by atoms with Gasteiger partial charge in [0.1, 0.15) is 12.1 Å². The molecule has 4 aromatic carbocycles. The number of aromatic nitrogens is 1. The number of fused-ring (bicyclic) bond motifs is 4. The van der Waals surface area contributed by atoms with Gasteiger partial charge in [0.2, 0.25) is 0 Å². The maximum Gasteiger partial charge on any atom is 0.332 e. The summed E-state index contributed by atoms with van der Waals surface area (Å²) in [4.78, 5) is 47.6. The SMILES string of the molecule is Cc1ccc(C2c3[nH]c4ccccc4c3C[C@H]3C(=O)N(c4ccc(C(=O)NC(C)CCc5ccccc5)cc4)C(=O)N23)cc1. The van der Waals surface area contributed by atoms with Gasteiger partial charge in [0.05, 0.1) is 5.69 Å². The van der Waals surface area contributed by atoms with Crippen molar-refractivity contribution in [3.63, 3.8) is 0 Å². The van der Waals surface area contributed by atoms with Crippen LogP contribution in [0.5, 0.6) is 0 Å². The minimum absolute atomic E-state index is 0.00746. The number of aryl methyl sites for hydroxylation is 2. The number of carbonyl (C=O) groups excluding carboxylic acids is 3. The van der Waals surface area contributed by atoms with Gasteiger partial charge in [0, 0.05) is 34.6 Å². The molecule has 4 amide bonds. The first-order chi connectivity index (χ1) is 21.4. The lowest BCUT2D eigenvalue weighted by Gasteiger charge is -2.36. The van der Waals surface area contributed by atoms with E-state index < -0.39 is 12.1 Å². The average Bonchev–Trinajstić information content (AvgIpc) is 3.54. The molecule has 220 valence electrons. The summed E-state index contributed by atoms with van der Waals surface area (Å²) in [7, 11) is 0. The van der Waals surface area contributed by atoms with Crippen LogP contribution >= 0.6 is 0 Å². The Morgan fingerprint density at radius 2 is 1.61 bits per heavy atom. The zero-order chi connectivity index (χ0) is 30.4. The third kappa shape index (κ3) is 4.84. The summed E-state index contributed by atoms with van der Waals surface area (Å²) in [6.45, 7) is 4.03. The second kappa shape index (κ2) is 11.2. The molecular weight excluding hydrogens is 548 g/mol. The minimum Gasteiger partial charge on any atom is -0.356 e. The first-order valence-corrected chi connectivity index (χ1v) is 15.2. The number of imide groups is 1. The second-order valence-electron chi connectivity index (χ2n) is 11.9. The van der Waals surface area contributed by atoms with Gasteiger partial charge in [-0.1, -0.05) is 78.4 Å². The van der Waals surface area contributed by atoms with Crippen molar-refractivity contribution < 1.29 is 14.4 Å². The van der Waals surface area contributed by atoms with E-state index in [9.17, 15) is 14.4 Å². The van der Waals surface area contributed by atoms with Gasteiger partial charge in [-0.15, -0.1) is 0 Å². The highest BCUT2D eigenvalue weighted by Gasteiger charge is 2.53. The molecule has 1 aromatic heterocycles. The number of para-hydroxylation sites is 1. The lowest BCUT2D eigenvalue weighted by Crippen LogP contribution is -2.44. The smallest absolute Gasteiger partial charge is 0.332 e. The Bertz CT molecular complexity index is 1860. The molecule has 2 N–H and O–H groups in total. The van der Waals surface area contributed by atoms with Gasteiger partial charge in [0.25, 0.3) is 11.8 Å². The summed E-state index contributed by atoms with van der Waals surface area (Å²) in [5.41, 5.74) is 7.26. The molecule has 3 atom stereocenters. The summed E-state index contributed by atoms with van der Waals surface area (Å²) >= 11 is 0. The number of rotatable bonds is 7. The van der Waals surface area contributed by atoms with E-state index in [1.165, 1.54) is 10.5 Å². The van der Waals surface area contributed by atoms with Crippen LogP contribution in [-0.4, -0.2) is 39.8 Å². The average molecular weight is 583 g/mol. The number of hydrogen-bond donors (Lipinski definition) is 2. The van der Waals surface area contributed by atoms with Crippen molar-refractivity contribution in [3.8, 4) is 0 Å². The molecule has 3 heterocycles. The number of anilines is 1. The normalized spacial score (nSPS) is 18.3. The van der Waals surface area contributed by atoms with Crippen LogP contribution in [0.3, 0.4) is 0 Å². The van der Waals surface area contributed by atoms with Crippen molar-refractivity contribution in [1.29, 1.82) is 0 Å². The Morgan fingerprint density at radius 1 is 0.909 bits per heavy atom. The standard InChI is InChI=1S/C37H34N4O3/c1-23-12-16-26(17-13-23)34-33-30(29-10-6-7-11-31(29)39-33)22-32-36(43)40(37(44)41(32)34)28-20-18-27(19-21-28)35(42)38-24(2)14-15-25-8-4-3-5-9-25/h3-13,16-21,24,32,34,39H,14-15,22H2,1-2H3,(H,38,42)/t24?,32-,34?/m0/s1. The molecule has 2 aliphatic heterocycles. The number of hydrogen-bond acceptors (Lipinski definition) is 3. The first-order valence-electron chi connectivity index (χ1n) is 15.2. The number of amides is 4. The molecule has 7 nitrogen and oxygen atoms in total. The molecule has 0 aliphatic carbocycles. The van der Waals surface area contributed by atoms with Crippen molar-refractivity contribution in [1.82, 2.24) is 15.2 Å². The highest BCUT2D eigenvalue weighted by Crippen LogP contribution is 2.44. The lowest BCUT2D eigenvalue weighted by atomic mass is 9.88. The maximum atomic E-state index is 14.1. The van der Waals surface area contributed by atoms with Crippen LogP contribution in [0, 0.1) is 6.92 Å². The quantitative estimate of drug-likeness (QED) is 0.209. The highest BCUT2D eigenvalue weighted by atomic mass is 16.2. The van der Waals surface area contributed by atoms with Crippen LogP contribution in [-0.2, 0) is 17.6 Å². The van der Waals surface area contributed by atoms with Gasteiger partial charge in [-0.3, -0.25) is 14.5 Å². The summed E-state index contributed by atoms with van der Waals surface area (Å²) in [6, 6.07) is 31.7. The van der Waals surface area contributed by atoms with E-state index in [0.29, 0.717) is 17.7 Å². The molecule has 0 radical (unpaired) electrons. The number of benzene rings is 4. The fourth-order valence-corrected chi connectivity index (χ4v) is 6.58. The maximum absolute atomic E-state index is 14.1. The van der Waals surface area contributed by atoms with Crippen molar-refractivity contribution >= 4 is 34.4 Å². The number of carbonyl (C=O) groups is 3. The third-order valence-electron chi connectivity index (χ3n) is 8.92. The Kier molecular flexibility index (Phi) is 7.01. The monoisotopic (exact) mass is 582 g/mol. The molecule has 1 fully saturated rings. The minimum atomic E-state index is -0.631. The zero-order valence-corrected chi connectivity index (χ0v) is 24.8. The Hall–Kier alpha value is -5.17. The largest absolute Gasteiger partial charge is 0.356 e. The van der Waals surface area contributed by atoms with Crippen molar-refractivity contribution in [2.75, 3.05) is 4.90 Å². The van der Waals surface area contributed by atoms with E-state index in [1.807, 2.05) is 74.5 Å². The van der Waals surface area contributed by atoms with Crippen LogP contribution in [0.2, 0.25) is 0 Å². The summed E-state index contributed by atoms with van der Waals surface area (Å²) in [5.74, 6) is -0.437. The molecule has 44 heavy (non-hydrogen) atoms. The van der Waals surface area contributed by atoms with E-state index in [4.69, 9.17) is 0 Å². The molecule has 5 aromatic rings. The molecule has 0 bridgehead atoms. The van der Waals surface area contributed by atoms with Crippen LogP contribution in [0.25, 0.3) is 10.9 Å². The fraction of sp³-hybridized carbons (Fsp3) is 0.216. The molecule has 2 aliphatic rings. The van der Waals surface area contributed by atoms with Gasteiger partial charge in [-0.25, -0.2) is 9.69 Å². The number of urea groups is 1. The number of H-pyrrole nitrogens is 1. The Labute approximate surface area is 256 Å². The third-order valence-corrected chi connectivity index (χ3v) is 8.92. The van der Waals surface area contributed by atoms with Gasteiger partial charge in [-0.2, -0.15) is 0 Å². The molecule has 0 spiro atoms. The number of nitrogens with zero attached hydrogens (tertiary/aromatic N) is 2. The summed E-state index contributed by atoms with van der Waals surface area (Å²) in [6.07, 6.45) is 2.13. The molecule has 7 heteroatoms. The lowest BCUT2D eigenvalue weighted by molar-refractivity contribution is -0.120. The number of aromatic amines is 1. The van der Waals surface area contributed by atoms with Crippen LogP contribution < -0.4 is 10.2 Å². The summed E-state index contributed by atoms with van der Waals surface area (Å²) in [5, 5.41) is 4.14. The predicted molar refractivity (Wildman–Crippen MR) is 172 cm³/mol. The second-order valence-corrected chi connectivity index (χ2v) is 11.9. The van der Waals surface area contributed by atoms with E-state index in [2.05, 4.69) is 28.5 Å². The van der Waals surface area contributed by atoms with Gasteiger partial charge in [0.15, 0.2) is 0 Å². The predicted octanol–water partition coefficient (Wildman–Crippen LogP) is 6.71. The number of nitrogens with one attached hydrogen (secondary N) is 2. The van der Waals surface area contributed by atoms with Gasteiger partial charge < -0.3 is 10.3 Å². The molecule has 1 saturated heterocycles. The fourth-order valence-electron chi connectivity index (χ4n) is 6.58. The molecule has 7 rings (SSSR count). The summed E-state index contributed by atoms with van der Waals surface area (Å²) < 4.78 is 0. The molecular formula is C37H34N4O3. The van der Waals surface area contributed by atoms with E-state index >= 15 is 0 Å². The Balaban J connectivity index is 1.13. The van der Waals surface area contributed by atoms with Crippen molar-refractivity contribution in [2.45, 2.75) is 51.2 Å². The first kappa shape index (κ1) is 27.7. The van der Waals surface area contributed by atoms with Gasteiger partial charge >= 0.3 is 6.03 Å².